The summed E-state index contributed by atoms with van der Waals surface area (Å²) in [6.07, 6.45) is -4.34. The highest BCUT2D eigenvalue weighted by Crippen LogP contribution is 2.27. The van der Waals surface area contributed by atoms with Gasteiger partial charge in [0.1, 0.15) is 5.75 Å². The molecular formula is C8H5ClF3IO. The van der Waals surface area contributed by atoms with Gasteiger partial charge in [-0.3, -0.25) is 0 Å². The molecule has 0 aromatic heterocycles. The lowest BCUT2D eigenvalue weighted by Gasteiger charge is -2.10. The summed E-state index contributed by atoms with van der Waals surface area (Å²) in [6, 6.07) is 4.57. The minimum absolute atomic E-state index is 0.0457. The highest BCUT2D eigenvalue weighted by Gasteiger charge is 2.28. The molecule has 0 heterocycles. The van der Waals surface area contributed by atoms with Crippen LogP contribution in [-0.2, 0) is 0 Å². The molecule has 0 unspecified atom stereocenters. The minimum Gasteiger partial charge on any atom is -0.483 e. The van der Waals surface area contributed by atoms with Crippen LogP contribution in [0.25, 0.3) is 0 Å². The second kappa shape index (κ2) is 4.57. The van der Waals surface area contributed by atoms with Gasteiger partial charge in [0.15, 0.2) is 6.61 Å². The van der Waals surface area contributed by atoms with Crippen molar-refractivity contribution in [2.24, 2.45) is 0 Å². The molecule has 78 valence electrons. The maximum atomic E-state index is 11.8. The number of hydrogen-bond acceptors (Lipinski definition) is 1. The van der Waals surface area contributed by atoms with E-state index in [1.165, 1.54) is 12.1 Å². The second-order valence-corrected chi connectivity index (χ2v) is 4.13. The Bertz CT molecular complexity index is 327. The molecule has 1 aromatic carbocycles. The fourth-order valence-electron chi connectivity index (χ4n) is 0.752. The zero-order valence-corrected chi connectivity index (χ0v) is 9.65. The first-order chi connectivity index (χ1) is 6.38. The van der Waals surface area contributed by atoms with E-state index in [2.05, 4.69) is 4.74 Å². The fraction of sp³-hybridized carbons (Fsp3) is 0.250. The van der Waals surface area contributed by atoms with E-state index in [-0.39, 0.29) is 10.8 Å². The van der Waals surface area contributed by atoms with Crippen molar-refractivity contribution in [3.63, 3.8) is 0 Å². The number of benzene rings is 1. The van der Waals surface area contributed by atoms with Crippen molar-refractivity contribution in [3.8, 4) is 5.75 Å². The topological polar surface area (TPSA) is 9.23 Å². The summed E-state index contributed by atoms with van der Waals surface area (Å²) in [5, 5.41) is 0.182. The summed E-state index contributed by atoms with van der Waals surface area (Å²) >= 11 is 7.67. The Morgan fingerprint density at radius 2 is 2.00 bits per heavy atom. The van der Waals surface area contributed by atoms with Crippen molar-refractivity contribution in [1.82, 2.24) is 0 Å². The molecule has 1 aromatic rings. The monoisotopic (exact) mass is 336 g/mol. The number of hydrogen-bond donors (Lipinski definition) is 0. The molecule has 0 aliphatic carbocycles. The Morgan fingerprint density at radius 1 is 1.36 bits per heavy atom. The molecule has 1 rings (SSSR count). The maximum absolute atomic E-state index is 11.8. The summed E-state index contributed by atoms with van der Waals surface area (Å²) < 4.78 is 40.7. The second-order valence-electron chi connectivity index (χ2n) is 2.48. The van der Waals surface area contributed by atoms with Gasteiger partial charge in [-0.15, -0.1) is 0 Å². The standard InChI is InChI=1S/C8H5ClF3IO/c9-6-3-5(13)1-2-7(6)14-4-8(10,11)12/h1-3H,4H2. The van der Waals surface area contributed by atoms with Crippen molar-refractivity contribution < 1.29 is 17.9 Å². The van der Waals surface area contributed by atoms with Crippen molar-refractivity contribution in [2.45, 2.75) is 6.18 Å². The Kier molecular flexibility index (Phi) is 3.88. The Balaban J connectivity index is 2.68. The first-order valence-electron chi connectivity index (χ1n) is 3.53. The van der Waals surface area contributed by atoms with Gasteiger partial charge in [0, 0.05) is 3.57 Å². The molecule has 0 fully saturated rings. The number of alkyl halides is 3. The molecule has 0 spiro atoms. The van der Waals surface area contributed by atoms with Crippen LogP contribution in [0.1, 0.15) is 0 Å². The minimum atomic E-state index is -4.34. The third-order valence-electron chi connectivity index (χ3n) is 1.29. The predicted octanol–water partition coefficient (Wildman–Crippen LogP) is 3.89. The van der Waals surface area contributed by atoms with E-state index < -0.39 is 12.8 Å². The molecule has 0 bridgehead atoms. The predicted molar refractivity (Wildman–Crippen MR) is 55.7 cm³/mol. The SMILES string of the molecule is FC(F)(F)COc1ccc(I)cc1Cl. The average Bonchev–Trinajstić information content (AvgIpc) is 2.00. The smallest absolute Gasteiger partial charge is 0.422 e. The van der Waals surface area contributed by atoms with E-state index >= 15 is 0 Å². The molecule has 0 saturated heterocycles. The average molecular weight is 336 g/mol. The third kappa shape index (κ3) is 3.91. The summed E-state index contributed by atoms with van der Waals surface area (Å²) in [5.41, 5.74) is 0. The van der Waals surface area contributed by atoms with E-state index in [0.29, 0.717) is 0 Å². The van der Waals surface area contributed by atoms with E-state index in [0.717, 1.165) is 3.57 Å². The van der Waals surface area contributed by atoms with Crippen LogP contribution in [0.3, 0.4) is 0 Å². The highest BCUT2D eigenvalue weighted by atomic mass is 127. The lowest BCUT2D eigenvalue weighted by atomic mass is 10.3. The Labute approximate surface area is 97.3 Å². The molecule has 1 nitrogen and oxygen atoms in total. The number of ether oxygens (including phenoxy) is 1. The molecule has 0 amide bonds. The van der Waals surface area contributed by atoms with Gasteiger partial charge in [-0.2, -0.15) is 13.2 Å². The van der Waals surface area contributed by atoms with Crippen LogP contribution in [0.15, 0.2) is 18.2 Å². The van der Waals surface area contributed by atoms with Crippen LogP contribution in [0.2, 0.25) is 5.02 Å². The molecule has 0 aliphatic heterocycles. The van der Waals surface area contributed by atoms with Crippen LogP contribution in [0.4, 0.5) is 13.2 Å². The summed E-state index contributed by atoms with van der Waals surface area (Å²) in [5.74, 6) is 0.0457. The normalized spacial score (nSPS) is 11.5. The first-order valence-corrected chi connectivity index (χ1v) is 4.99. The highest BCUT2D eigenvalue weighted by molar-refractivity contribution is 14.1. The van der Waals surface area contributed by atoms with Gasteiger partial charge in [0.05, 0.1) is 5.02 Å². The van der Waals surface area contributed by atoms with Gasteiger partial charge in [0.25, 0.3) is 0 Å². The van der Waals surface area contributed by atoms with Crippen LogP contribution in [0, 0.1) is 3.57 Å². The summed E-state index contributed by atoms with van der Waals surface area (Å²) in [6.45, 7) is -1.33. The third-order valence-corrected chi connectivity index (χ3v) is 2.25. The lowest BCUT2D eigenvalue weighted by Crippen LogP contribution is -2.19. The quantitative estimate of drug-likeness (QED) is 0.745. The van der Waals surface area contributed by atoms with Crippen LogP contribution >= 0.6 is 34.2 Å². The van der Waals surface area contributed by atoms with E-state index in [4.69, 9.17) is 11.6 Å². The fourth-order valence-corrected chi connectivity index (χ4v) is 1.66. The van der Waals surface area contributed by atoms with E-state index in [1.54, 1.807) is 6.07 Å². The van der Waals surface area contributed by atoms with Crippen LogP contribution < -0.4 is 4.74 Å². The van der Waals surface area contributed by atoms with Gasteiger partial charge in [-0.25, -0.2) is 0 Å². The molecule has 0 atom stereocenters. The molecule has 0 radical (unpaired) electrons. The zero-order chi connectivity index (χ0) is 10.8. The first kappa shape index (κ1) is 11.9. The Morgan fingerprint density at radius 3 is 2.50 bits per heavy atom. The Hall–Kier alpha value is -0.170. The van der Waals surface area contributed by atoms with Gasteiger partial charge in [-0.1, -0.05) is 11.6 Å². The molecular weight excluding hydrogens is 331 g/mol. The van der Waals surface area contributed by atoms with E-state index in [1.807, 2.05) is 22.6 Å². The molecule has 6 heteroatoms. The summed E-state index contributed by atoms with van der Waals surface area (Å²) in [7, 11) is 0. The molecule has 0 aliphatic rings. The zero-order valence-electron chi connectivity index (χ0n) is 6.74. The molecule has 0 saturated carbocycles. The largest absolute Gasteiger partial charge is 0.483 e. The number of halogens is 5. The van der Waals surface area contributed by atoms with Crippen molar-refractivity contribution >= 4 is 34.2 Å². The lowest BCUT2D eigenvalue weighted by molar-refractivity contribution is -0.153. The summed E-state index contributed by atoms with van der Waals surface area (Å²) in [4.78, 5) is 0. The molecule has 0 N–H and O–H groups in total. The van der Waals surface area contributed by atoms with Gasteiger partial charge >= 0.3 is 6.18 Å². The van der Waals surface area contributed by atoms with E-state index in [9.17, 15) is 13.2 Å². The van der Waals surface area contributed by atoms with Crippen LogP contribution in [-0.4, -0.2) is 12.8 Å². The van der Waals surface area contributed by atoms with Gasteiger partial charge in [0.2, 0.25) is 0 Å². The number of rotatable bonds is 2. The van der Waals surface area contributed by atoms with Crippen molar-refractivity contribution in [3.05, 3.63) is 26.8 Å². The van der Waals surface area contributed by atoms with Gasteiger partial charge < -0.3 is 4.74 Å². The van der Waals surface area contributed by atoms with Crippen molar-refractivity contribution in [2.75, 3.05) is 6.61 Å². The maximum Gasteiger partial charge on any atom is 0.422 e. The van der Waals surface area contributed by atoms with Crippen molar-refractivity contribution in [1.29, 1.82) is 0 Å². The molecule has 14 heavy (non-hydrogen) atoms. The van der Waals surface area contributed by atoms with Crippen LogP contribution in [0.5, 0.6) is 5.75 Å². The van der Waals surface area contributed by atoms with Gasteiger partial charge in [-0.05, 0) is 40.8 Å².